The molecule has 0 amide bonds. The fourth-order valence-electron chi connectivity index (χ4n) is 2.13. The zero-order valence-electron chi connectivity index (χ0n) is 12.2. The summed E-state index contributed by atoms with van der Waals surface area (Å²) in [5.41, 5.74) is -5.18. The van der Waals surface area contributed by atoms with Crippen LogP contribution >= 0.6 is 7.60 Å². The van der Waals surface area contributed by atoms with E-state index < -0.39 is 49.3 Å². The van der Waals surface area contributed by atoms with Crippen molar-refractivity contribution >= 4 is 7.60 Å². The van der Waals surface area contributed by atoms with Gasteiger partial charge in [0.15, 0.2) is 12.3 Å². The first-order chi connectivity index (χ1) is 10.9. The number of terminal acetylenes is 1. The molecule has 1 aromatic heterocycles. The van der Waals surface area contributed by atoms with E-state index >= 15 is 0 Å². The van der Waals surface area contributed by atoms with Crippen LogP contribution in [0.2, 0.25) is 0 Å². The monoisotopic (exact) mass is 366 g/mol. The van der Waals surface area contributed by atoms with Crippen molar-refractivity contribution in [3.63, 3.8) is 0 Å². The molecular formula is C12H13F2N2O7P. The summed E-state index contributed by atoms with van der Waals surface area (Å²) in [5.74, 6) is -1.80. The van der Waals surface area contributed by atoms with Gasteiger partial charge in [-0.25, -0.2) is 13.6 Å². The second kappa shape index (κ2) is 5.91. The lowest BCUT2D eigenvalue weighted by Gasteiger charge is -2.24. The summed E-state index contributed by atoms with van der Waals surface area (Å²) in [6.45, 7) is -0.577. The Morgan fingerprint density at radius 1 is 1.58 bits per heavy atom. The van der Waals surface area contributed by atoms with Crippen molar-refractivity contribution in [1.29, 1.82) is 0 Å². The Kier molecular flexibility index (Phi) is 4.56. The molecule has 5 atom stereocenters. The molecule has 0 saturated carbocycles. The molecule has 3 N–H and O–H groups in total. The second-order valence-corrected chi connectivity index (χ2v) is 7.03. The Bertz CT molecular complexity index is 843. The van der Waals surface area contributed by atoms with E-state index in [1.165, 1.54) is 5.92 Å². The third-order valence-electron chi connectivity index (χ3n) is 3.30. The van der Waals surface area contributed by atoms with E-state index in [9.17, 15) is 28.0 Å². The number of ether oxygens (including phenoxy) is 1. The molecule has 24 heavy (non-hydrogen) atoms. The Morgan fingerprint density at radius 2 is 2.21 bits per heavy atom. The molecule has 2 rings (SSSR count). The topological polar surface area (TPSA) is 131 Å². The number of hydrogen-bond acceptors (Lipinski definition) is 6. The van der Waals surface area contributed by atoms with Gasteiger partial charge in [0.25, 0.3) is 11.4 Å². The summed E-state index contributed by atoms with van der Waals surface area (Å²) in [6, 6.07) is 0.830. The van der Waals surface area contributed by atoms with Gasteiger partial charge in [-0.15, -0.1) is 6.42 Å². The summed E-state index contributed by atoms with van der Waals surface area (Å²) >= 11 is 0. The third-order valence-corrected chi connectivity index (χ3v) is 3.91. The Balaban J connectivity index is 2.46. The van der Waals surface area contributed by atoms with Crippen LogP contribution in [-0.2, 0) is 13.8 Å². The lowest BCUT2D eigenvalue weighted by atomic mass is 9.96. The SMILES string of the molecule is C#C[C@]1(F)[C@H](n2ccc(=O)[nH]c2=O)O[C@](F)(COP(C)(=O)O)[C@H]1O. The number of nitrogens with zero attached hydrogens (tertiary/aromatic N) is 1. The third kappa shape index (κ3) is 3.19. The molecule has 1 unspecified atom stereocenters. The zero-order chi connectivity index (χ0) is 18.3. The smallest absolute Gasteiger partial charge is 0.330 e. The Labute approximate surface area is 133 Å². The Morgan fingerprint density at radius 3 is 2.71 bits per heavy atom. The largest absolute Gasteiger partial charge is 0.383 e. The normalized spacial score (nSPS) is 35.3. The highest BCUT2D eigenvalue weighted by Gasteiger charge is 2.67. The molecule has 1 saturated heterocycles. The van der Waals surface area contributed by atoms with Crippen molar-refractivity contribution < 1.29 is 32.6 Å². The maximum Gasteiger partial charge on any atom is 0.330 e. The minimum absolute atomic E-state index is 0.441. The predicted octanol–water partition coefficient (Wildman–Crippen LogP) is -0.735. The first-order valence-corrected chi connectivity index (χ1v) is 8.43. The minimum Gasteiger partial charge on any atom is -0.383 e. The predicted molar refractivity (Wildman–Crippen MR) is 75.7 cm³/mol. The number of nitrogens with one attached hydrogen (secondary N) is 1. The summed E-state index contributed by atoms with van der Waals surface area (Å²) in [6.07, 6.45) is 1.02. The van der Waals surface area contributed by atoms with Gasteiger partial charge in [-0.05, 0) is 0 Å². The molecular weight excluding hydrogens is 353 g/mol. The first-order valence-electron chi connectivity index (χ1n) is 6.41. The zero-order valence-corrected chi connectivity index (χ0v) is 13.1. The van der Waals surface area contributed by atoms with E-state index in [0.29, 0.717) is 4.57 Å². The second-order valence-electron chi connectivity index (χ2n) is 5.17. The highest BCUT2D eigenvalue weighted by atomic mass is 31.2. The number of halogens is 2. The standard InChI is InChI=1S/C12H13F2N2O7P/c1-3-11(13)8(18)12(14,6-22-24(2,20)21)23-9(11)16-5-4-7(17)15-10(16)19/h1,4-5,8-9,18H,6H2,2H3,(H,20,21)(H,15,17,19)/t8-,9+,11+,12+/m0/s1. The van der Waals surface area contributed by atoms with Gasteiger partial charge in [0.2, 0.25) is 5.67 Å². The first kappa shape index (κ1) is 18.5. The van der Waals surface area contributed by atoms with Crippen molar-refractivity contribution in [2.75, 3.05) is 13.3 Å². The van der Waals surface area contributed by atoms with Crippen LogP contribution in [-0.4, -0.2) is 50.5 Å². The van der Waals surface area contributed by atoms with Crippen molar-refractivity contribution in [3.05, 3.63) is 33.1 Å². The highest BCUT2D eigenvalue weighted by molar-refractivity contribution is 7.51. The van der Waals surface area contributed by atoms with Crippen LogP contribution in [0.4, 0.5) is 8.78 Å². The van der Waals surface area contributed by atoms with Gasteiger partial charge < -0.3 is 19.3 Å². The van der Waals surface area contributed by atoms with Crippen LogP contribution in [0.3, 0.4) is 0 Å². The number of aromatic amines is 1. The van der Waals surface area contributed by atoms with Gasteiger partial charge in [0.05, 0.1) is 0 Å². The maximum atomic E-state index is 14.9. The quantitative estimate of drug-likeness (QED) is 0.473. The molecule has 0 radical (unpaired) electrons. The van der Waals surface area contributed by atoms with Gasteiger partial charge >= 0.3 is 13.3 Å². The van der Waals surface area contributed by atoms with Crippen LogP contribution in [0.15, 0.2) is 21.9 Å². The van der Waals surface area contributed by atoms with Crippen LogP contribution < -0.4 is 11.2 Å². The fraction of sp³-hybridized carbons (Fsp3) is 0.500. The van der Waals surface area contributed by atoms with Crippen LogP contribution in [0.5, 0.6) is 0 Å². The number of aliphatic hydroxyl groups excluding tert-OH is 1. The van der Waals surface area contributed by atoms with E-state index in [-0.39, 0.29) is 0 Å². The molecule has 0 aromatic carbocycles. The molecule has 0 bridgehead atoms. The van der Waals surface area contributed by atoms with Crippen molar-refractivity contribution in [3.8, 4) is 12.3 Å². The van der Waals surface area contributed by atoms with Gasteiger partial charge in [-0.2, -0.15) is 0 Å². The lowest BCUT2D eigenvalue weighted by Crippen LogP contribution is -2.48. The van der Waals surface area contributed by atoms with Gasteiger partial charge in [0, 0.05) is 18.9 Å². The van der Waals surface area contributed by atoms with E-state index in [4.69, 9.17) is 16.1 Å². The maximum absolute atomic E-state index is 14.9. The molecule has 2 heterocycles. The number of alkyl halides is 2. The van der Waals surface area contributed by atoms with E-state index in [1.807, 2.05) is 0 Å². The molecule has 1 aliphatic heterocycles. The molecule has 1 fully saturated rings. The molecule has 12 heteroatoms. The molecule has 132 valence electrons. The number of hydrogen-bond donors (Lipinski definition) is 3. The molecule has 1 aliphatic rings. The fourth-order valence-corrected chi connectivity index (χ4v) is 2.54. The van der Waals surface area contributed by atoms with Crippen LogP contribution in [0.1, 0.15) is 6.23 Å². The molecule has 0 spiro atoms. The number of aliphatic hydroxyl groups is 1. The van der Waals surface area contributed by atoms with E-state index in [2.05, 4.69) is 4.52 Å². The summed E-state index contributed by atoms with van der Waals surface area (Å²) in [7, 11) is -4.17. The molecule has 9 nitrogen and oxygen atoms in total. The number of aromatic nitrogens is 2. The van der Waals surface area contributed by atoms with Gasteiger partial charge in [0.1, 0.15) is 6.61 Å². The average Bonchev–Trinajstić information content (AvgIpc) is 2.68. The Hall–Kier alpha value is -1.83. The van der Waals surface area contributed by atoms with Crippen LogP contribution in [0, 0.1) is 12.3 Å². The van der Waals surface area contributed by atoms with Gasteiger partial charge in [-0.3, -0.25) is 18.9 Å². The number of rotatable bonds is 4. The summed E-state index contributed by atoms with van der Waals surface area (Å²) in [5, 5.41) is 9.89. The van der Waals surface area contributed by atoms with Crippen LogP contribution in [0.25, 0.3) is 0 Å². The lowest BCUT2D eigenvalue weighted by molar-refractivity contribution is -0.203. The summed E-state index contributed by atoms with van der Waals surface area (Å²) in [4.78, 5) is 33.6. The van der Waals surface area contributed by atoms with Crippen molar-refractivity contribution in [1.82, 2.24) is 9.55 Å². The minimum atomic E-state index is -4.17. The van der Waals surface area contributed by atoms with Crippen molar-refractivity contribution in [2.24, 2.45) is 0 Å². The number of H-pyrrole nitrogens is 1. The highest BCUT2D eigenvalue weighted by Crippen LogP contribution is 2.49. The van der Waals surface area contributed by atoms with E-state index in [0.717, 1.165) is 18.9 Å². The molecule has 1 aromatic rings. The summed E-state index contributed by atoms with van der Waals surface area (Å²) < 4.78 is 50.2. The van der Waals surface area contributed by atoms with E-state index in [1.54, 1.807) is 4.98 Å². The average molecular weight is 366 g/mol. The van der Waals surface area contributed by atoms with Crippen molar-refractivity contribution in [2.45, 2.75) is 23.9 Å². The molecule has 0 aliphatic carbocycles. The van der Waals surface area contributed by atoms with Gasteiger partial charge in [-0.1, -0.05) is 5.92 Å².